The van der Waals surface area contributed by atoms with E-state index >= 15 is 0 Å². The molecule has 0 amide bonds. The first-order chi connectivity index (χ1) is 6.59. The quantitative estimate of drug-likeness (QED) is 0.685. The topological polar surface area (TPSA) is 38.0 Å². The van der Waals surface area contributed by atoms with E-state index < -0.39 is 0 Å². The molecular weight excluding hydrogens is 172 g/mol. The molecule has 0 radical (unpaired) electrons. The first-order valence-corrected chi connectivity index (χ1v) is 5.94. The lowest BCUT2D eigenvalue weighted by atomic mass is 9.69. The fourth-order valence-electron chi connectivity index (χ4n) is 2.37. The van der Waals surface area contributed by atoms with Gasteiger partial charge in [-0.05, 0) is 43.8 Å². The molecule has 1 aliphatic rings. The molecule has 0 aromatic rings. The van der Waals surface area contributed by atoms with E-state index in [9.17, 15) is 0 Å². The Kier molecular flexibility index (Phi) is 4.39. The molecule has 1 atom stereocenters. The normalized spacial score (nSPS) is 20.6. The molecule has 0 heterocycles. The van der Waals surface area contributed by atoms with Gasteiger partial charge in [0, 0.05) is 0 Å². The van der Waals surface area contributed by atoms with Crippen molar-refractivity contribution < 1.29 is 0 Å². The van der Waals surface area contributed by atoms with E-state index in [1.165, 1.54) is 25.7 Å². The SMILES string of the molecule is CNCC(CC(C)(C)CN)C1CCC1. The van der Waals surface area contributed by atoms with Crippen molar-refractivity contribution in [3.05, 3.63) is 0 Å². The zero-order valence-electron chi connectivity index (χ0n) is 9.97. The van der Waals surface area contributed by atoms with Crippen molar-refractivity contribution in [2.45, 2.75) is 39.5 Å². The Balaban J connectivity index is 2.41. The van der Waals surface area contributed by atoms with Gasteiger partial charge in [0.1, 0.15) is 0 Å². The lowest BCUT2D eigenvalue weighted by Crippen LogP contribution is -2.36. The van der Waals surface area contributed by atoms with E-state index in [1.54, 1.807) is 0 Å². The van der Waals surface area contributed by atoms with Crippen LogP contribution in [0.4, 0.5) is 0 Å². The Morgan fingerprint density at radius 2 is 2.07 bits per heavy atom. The second-order valence-electron chi connectivity index (χ2n) is 5.58. The highest BCUT2D eigenvalue weighted by Crippen LogP contribution is 2.38. The second kappa shape index (κ2) is 5.13. The molecule has 2 nitrogen and oxygen atoms in total. The number of nitrogens with two attached hydrogens (primary N) is 1. The van der Waals surface area contributed by atoms with Crippen molar-refractivity contribution in [2.75, 3.05) is 20.1 Å². The van der Waals surface area contributed by atoms with Gasteiger partial charge in [0.2, 0.25) is 0 Å². The zero-order valence-corrected chi connectivity index (χ0v) is 9.97. The summed E-state index contributed by atoms with van der Waals surface area (Å²) in [5.74, 6) is 1.81. The molecule has 0 saturated heterocycles. The first-order valence-electron chi connectivity index (χ1n) is 5.94. The summed E-state index contributed by atoms with van der Waals surface area (Å²) in [4.78, 5) is 0. The molecule has 3 N–H and O–H groups in total. The smallest absolute Gasteiger partial charge is 0.00207 e. The highest BCUT2D eigenvalue weighted by atomic mass is 14.8. The number of nitrogens with one attached hydrogen (secondary N) is 1. The highest BCUT2D eigenvalue weighted by molar-refractivity contribution is 4.83. The fraction of sp³-hybridized carbons (Fsp3) is 1.00. The Labute approximate surface area is 88.6 Å². The average molecular weight is 198 g/mol. The molecule has 1 fully saturated rings. The summed E-state index contributed by atoms with van der Waals surface area (Å²) in [6.45, 7) is 6.54. The van der Waals surface area contributed by atoms with Gasteiger partial charge in [-0.25, -0.2) is 0 Å². The van der Waals surface area contributed by atoms with Crippen LogP contribution in [0.1, 0.15) is 39.5 Å². The summed E-state index contributed by atoms with van der Waals surface area (Å²) < 4.78 is 0. The molecule has 84 valence electrons. The van der Waals surface area contributed by atoms with E-state index in [1.807, 2.05) is 0 Å². The van der Waals surface area contributed by atoms with Crippen LogP contribution in [-0.4, -0.2) is 20.1 Å². The highest BCUT2D eigenvalue weighted by Gasteiger charge is 2.30. The van der Waals surface area contributed by atoms with Crippen LogP contribution < -0.4 is 11.1 Å². The van der Waals surface area contributed by atoms with Crippen LogP contribution in [0.3, 0.4) is 0 Å². The molecule has 2 heteroatoms. The van der Waals surface area contributed by atoms with Crippen LogP contribution in [0.25, 0.3) is 0 Å². The lowest BCUT2D eigenvalue weighted by molar-refractivity contribution is 0.146. The summed E-state index contributed by atoms with van der Waals surface area (Å²) >= 11 is 0. The van der Waals surface area contributed by atoms with Crippen LogP contribution in [-0.2, 0) is 0 Å². The monoisotopic (exact) mass is 198 g/mol. The maximum absolute atomic E-state index is 5.79. The summed E-state index contributed by atoms with van der Waals surface area (Å²) in [7, 11) is 2.06. The van der Waals surface area contributed by atoms with Crippen molar-refractivity contribution >= 4 is 0 Å². The zero-order chi connectivity index (χ0) is 10.6. The van der Waals surface area contributed by atoms with Gasteiger partial charge in [-0.1, -0.05) is 33.1 Å². The van der Waals surface area contributed by atoms with Crippen molar-refractivity contribution in [2.24, 2.45) is 23.0 Å². The Morgan fingerprint density at radius 1 is 1.43 bits per heavy atom. The van der Waals surface area contributed by atoms with Crippen LogP contribution in [0, 0.1) is 17.3 Å². The summed E-state index contributed by atoms with van der Waals surface area (Å²) in [6, 6.07) is 0. The molecule has 1 aliphatic carbocycles. The largest absolute Gasteiger partial charge is 0.330 e. The predicted octanol–water partition coefficient (Wildman–Crippen LogP) is 2.00. The van der Waals surface area contributed by atoms with E-state index in [4.69, 9.17) is 5.73 Å². The second-order valence-corrected chi connectivity index (χ2v) is 5.58. The van der Waals surface area contributed by atoms with Crippen LogP contribution >= 0.6 is 0 Å². The van der Waals surface area contributed by atoms with E-state index in [-0.39, 0.29) is 0 Å². The molecule has 0 bridgehead atoms. The molecule has 1 rings (SSSR count). The predicted molar refractivity (Wildman–Crippen MR) is 62.2 cm³/mol. The van der Waals surface area contributed by atoms with Crippen molar-refractivity contribution in [1.29, 1.82) is 0 Å². The van der Waals surface area contributed by atoms with Gasteiger partial charge in [-0.2, -0.15) is 0 Å². The minimum absolute atomic E-state index is 0.317. The molecule has 0 aromatic heterocycles. The van der Waals surface area contributed by atoms with Gasteiger partial charge in [0.25, 0.3) is 0 Å². The number of rotatable bonds is 6. The van der Waals surface area contributed by atoms with Crippen molar-refractivity contribution in [3.8, 4) is 0 Å². The minimum atomic E-state index is 0.317. The standard InChI is InChI=1S/C12H26N2/c1-12(2,9-13)7-11(8-14-3)10-5-4-6-10/h10-11,14H,4-9,13H2,1-3H3. The van der Waals surface area contributed by atoms with Gasteiger partial charge in [0.05, 0.1) is 0 Å². The maximum Gasteiger partial charge on any atom is -0.00207 e. The molecule has 14 heavy (non-hydrogen) atoms. The first kappa shape index (κ1) is 12.0. The van der Waals surface area contributed by atoms with Gasteiger partial charge in [0.15, 0.2) is 0 Å². The average Bonchev–Trinajstić information content (AvgIpc) is 2.01. The Bertz CT molecular complexity index is 162. The third-order valence-corrected chi connectivity index (χ3v) is 3.65. The molecule has 0 aromatic carbocycles. The van der Waals surface area contributed by atoms with Crippen molar-refractivity contribution in [1.82, 2.24) is 5.32 Å². The third-order valence-electron chi connectivity index (χ3n) is 3.65. The Hall–Kier alpha value is -0.0800. The summed E-state index contributed by atoms with van der Waals surface area (Å²) in [6.07, 6.45) is 5.59. The Morgan fingerprint density at radius 3 is 2.43 bits per heavy atom. The lowest BCUT2D eigenvalue weighted by Gasteiger charge is -2.38. The molecule has 0 spiro atoms. The summed E-state index contributed by atoms with van der Waals surface area (Å²) in [5.41, 5.74) is 6.11. The van der Waals surface area contributed by atoms with Gasteiger partial charge in [-0.3, -0.25) is 0 Å². The van der Waals surface area contributed by atoms with Crippen LogP contribution in [0.5, 0.6) is 0 Å². The fourth-order valence-corrected chi connectivity index (χ4v) is 2.37. The van der Waals surface area contributed by atoms with Gasteiger partial charge in [-0.15, -0.1) is 0 Å². The van der Waals surface area contributed by atoms with Crippen LogP contribution in [0.2, 0.25) is 0 Å². The minimum Gasteiger partial charge on any atom is -0.330 e. The van der Waals surface area contributed by atoms with E-state index in [0.717, 1.165) is 24.9 Å². The molecule has 1 saturated carbocycles. The molecular formula is C12H26N2. The number of hydrogen-bond donors (Lipinski definition) is 2. The van der Waals surface area contributed by atoms with E-state index in [2.05, 4.69) is 26.2 Å². The maximum atomic E-state index is 5.79. The van der Waals surface area contributed by atoms with E-state index in [0.29, 0.717) is 5.41 Å². The van der Waals surface area contributed by atoms with Crippen molar-refractivity contribution in [3.63, 3.8) is 0 Å². The molecule has 0 aliphatic heterocycles. The third kappa shape index (κ3) is 3.25. The molecule has 1 unspecified atom stereocenters. The summed E-state index contributed by atoms with van der Waals surface area (Å²) in [5, 5.41) is 3.32. The van der Waals surface area contributed by atoms with Gasteiger partial charge >= 0.3 is 0 Å². The van der Waals surface area contributed by atoms with Crippen LogP contribution in [0.15, 0.2) is 0 Å². The van der Waals surface area contributed by atoms with Gasteiger partial charge < -0.3 is 11.1 Å². The number of hydrogen-bond acceptors (Lipinski definition) is 2.